The van der Waals surface area contributed by atoms with E-state index in [9.17, 15) is 4.79 Å². The number of rotatable bonds is 3. The molecule has 54 valence electrons. The van der Waals surface area contributed by atoms with Crippen LogP contribution in [0.1, 0.15) is 26.7 Å². The lowest BCUT2D eigenvalue weighted by atomic mass is 10.4. The van der Waals surface area contributed by atoms with Gasteiger partial charge in [0.05, 0.1) is 0 Å². The minimum absolute atomic E-state index is 0.107. The van der Waals surface area contributed by atoms with Crippen LogP contribution < -0.4 is 5.32 Å². The lowest BCUT2D eigenvalue weighted by Gasteiger charge is -2.07. The molecule has 0 rings (SSSR count). The van der Waals surface area contributed by atoms with Crippen LogP contribution in [-0.4, -0.2) is 17.2 Å². The Bertz CT molecular complexity index is 93.1. The summed E-state index contributed by atoms with van der Waals surface area (Å²) in [5, 5.41) is 11.2. The van der Waals surface area contributed by atoms with Crippen molar-refractivity contribution in [1.29, 1.82) is 0 Å². The van der Waals surface area contributed by atoms with Gasteiger partial charge in [-0.3, -0.25) is 4.79 Å². The third kappa shape index (κ3) is 3.97. The lowest BCUT2D eigenvalue weighted by Crippen LogP contribution is -2.33. The molecule has 0 spiro atoms. The summed E-state index contributed by atoms with van der Waals surface area (Å²) >= 11 is 0. The number of carbonyl (C=O) groups excluding carboxylic acids is 1. The van der Waals surface area contributed by atoms with E-state index < -0.39 is 6.23 Å². The molecule has 0 heterocycles. The lowest BCUT2D eigenvalue weighted by molar-refractivity contribution is -0.123. The van der Waals surface area contributed by atoms with Crippen LogP contribution in [0.2, 0.25) is 0 Å². The molecule has 2 N–H and O–H groups in total. The maximum atomic E-state index is 10.5. The van der Waals surface area contributed by atoms with Crippen molar-refractivity contribution in [2.75, 3.05) is 0 Å². The third-order valence-electron chi connectivity index (χ3n) is 1.04. The fraction of sp³-hybridized carbons (Fsp3) is 0.833. The Labute approximate surface area is 55.1 Å². The number of hydrogen-bond acceptors (Lipinski definition) is 2. The van der Waals surface area contributed by atoms with E-state index >= 15 is 0 Å². The monoisotopic (exact) mass is 131 g/mol. The van der Waals surface area contributed by atoms with Gasteiger partial charge in [0.1, 0.15) is 6.23 Å². The highest BCUT2D eigenvalue weighted by Crippen LogP contribution is 1.84. The van der Waals surface area contributed by atoms with Crippen molar-refractivity contribution < 1.29 is 9.90 Å². The first kappa shape index (κ1) is 8.43. The van der Waals surface area contributed by atoms with Crippen molar-refractivity contribution in [1.82, 2.24) is 5.32 Å². The van der Waals surface area contributed by atoms with Crippen molar-refractivity contribution in [2.24, 2.45) is 0 Å². The van der Waals surface area contributed by atoms with Gasteiger partial charge in [0.15, 0.2) is 0 Å². The quantitative estimate of drug-likeness (QED) is 0.539. The number of amides is 1. The second-order valence-electron chi connectivity index (χ2n) is 1.85. The smallest absolute Gasteiger partial charge is 0.221 e. The fourth-order valence-corrected chi connectivity index (χ4v) is 0.390. The maximum Gasteiger partial charge on any atom is 0.221 e. The van der Waals surface area contributed by atoms with Gasteiger partial charge in [0.2, 0.25) is 5.91 Å². The summed E-state index contributed by atoms with van der Waals surface area (Å²) in [6, 6.07) is 0. The van der Waals surface area contributed by atoms with Gasteiger partial charge in [-0.25, -0.2) is 0 Å². The average molecular weight is 131 g/mol. The number of aliphatic hydroxyl groups excluding tert-OH is 1. The molecule has 9 heavy (non-hydrogen) atoms. The minimum Gasteiger partial charge on any atom is -0.374 e. The van der Waals surface area contributed by atoms with Gasteiger partial charge in [-0.1, -0.05) is 13.8 Å². The van der Waals surface area contributed by atoms with E-state index in [-0.39, 0.29) is 5.91 Å². The molecule has 1 unspecified atom stereocenters. The summed E-state index contributed by atoms with van der Waals surface area (Å²) in [5.41, 5.74) is 0. The molecule has 0 bridgehead atoms. The second kappa shape index (κ2) is 4.32. The predicted octanol–water partition coefficient (Wildman–Crippen LogP) is 0.241. The zero-order valence-corrected chi connectivity index (χ0v) is 5.85. The van der Waals surface area contributed by atoms with Gasteiger partial charge in [0, 0.05) is 6.42 Å². The predicted molar refractivity (Wildman–Crippen MR) is 34.7 cm³/mol. The second-order valence-corrected chi connectivity index (χ2v) is 1.85. The average Bonchev–Trinajstić information content (AvgIpc) is 1.87. The van der Waals surface area contributed by atoms with E-state index in [0.717, 1.165) is 0 Å². The molecule has 0 aliphatic heterocycles. The van der Waals surface area contributed by atoms with Crippen molar-refractivity contribution in [3.63, 3.8) is 0 Å². The van der Waals surface area contributed by atoms with Crippen LogP contribution in [0.4, 0.5) is 0 Å². The van der Waals surface area contributed by atoms with Gasteiger partial charge in [-0.15, -0.1) is 0 Å². The fourth-order valence-electron chi connectivity index (χ4n) is 0.390. The van der Waals surface area contributed by atoms with Crippen molar-refractivity contribution in [2.45, 2.75) is 32.9 Å². The van der Waals surface area contributed by atoms with Gasteiger partial charge in [0.25, 0.3) is 0 Å². The molecule has 0 fully saturated rings. The summed E-state index contributed by atoms with van der Waals surface area (Å²) in [7, 11) is 0. The van der Waals surface area contributed by atoms with Crippen LogP contribution in [0.3, 0.4) is 0 Å². The Balaban J connectivity index is 3.34. The van der Waals surface area contributed by atoms with E-state index in [1.54, 1.807) is 13.8 Å². The third-order valence-corrected chi connectivity index (χ3v) is 1.04. The summed E-state index contributed by atoms with van der Waals surface area (Å²) in [6.07, 6.45) is 0.320. The Morgan fingerprint density at radius 1 is 1.67 bits per heavy atom. The van der Waals surface area contributed by atoms with Crippen LogP contribution in [0.25, 0.3) is 0 Å². The molecule has 3 heteroatoms. The maximum absolute atomic E-state index is 10.5. The summed E-state index contributed by atoms with van der Waals surface area (Å²) < 4.78 is 0. The molecule has 1 atom stereocenters. The van der Waals surface area contributed by atoms with Crippen LogP contribution >= 0.6 is 0 Å². The standard InChI is InChI=1S/C6H13NO2/c1-3-5(8)7-6(9)4-2/h5,8H,3-4H2,1-2H3,(H,7,9). The van der Waals surface area contributed by atoms with E-state index in [0.29, 0.717) is 12.8 Å². The van der Waals surface area contributed by atoms with E-state index in [2.05, 4.69) is 5.32 Å². The molecule has 1 amide bonds. The zero-order valence-electron chi connectivity index (χ0n) is 5.85. The van der Waals surface area contributed by atoms with E-state index in [1.165, 1.54) is 0 Å². The van der Waals surface area contributed by atoms with Crippen LogP contribution in [-0.2, 0) is 4.79 Å². The first-order valence-corrected chi connectivity index (χ1v) is 3.18. The molecule has 3 nitrogen and oxygen atoms in total. The number of nitrogens with one attached hydrogen (secondary N) is 1. The first-order chi connectivity index (χ1) is 4.20. The largest absolute Gasteiger partial charge is 0.374 e. The van der Waals surface area contributed by atoms with Crippen LogP contribution in [0, 0.1) is 0 Å². The van der Waals surface area contributed by atoms with Crippen molar-refractivity contribution >= 4 is 5.91 Å². The molecule has 0 saturated carbocycles. The molecule has 0 aromatic carbocycles. The minimum atomic E-state index is -0.669. The summed E-state index contributed by atoms with van der Waals surface area (Å²) in [6.45, 7) is 3.55. The summed E-state index contributed by atoms with van der Waals surface area (Å²) in [4.78, 5) is 10.5. The van der Waals surface area contributed by atoms with Gasteiger partial charge < -0.3 is 10.4 Å². The highest BCUT2D eigenvalue weighted by atomic mass is 16.3. The van der Waals surface area contributed by atoms with E-state index in [4.69, 9.17) is 5.11 Å². The zero-order chi connectivity index (χ0) is 7.28. The Hall–Kier alpha value is -0.570. The van der Waals surface area contributed by atoms with Crippen LogP contribution in [0.15, 0.2) is 0 Å². The van der Waals surface area contributed by atoms with Crippen molar-refractivity contribution in [3.8, 4) is 0 Å². The molecule has 0 saturated heterocycles. The molecular weight excluding hydrogens is 118 g/mol. The molecule has 0 aliphatic carbocycles. The number of aliphatic hydroxyl groups is 1. The molecular formula is C6H13NO2. The van der Waals surface area contributed by atoms with Gasteiger partial charge in [-0.2, -0.15) is 0 Å². The van der Waals surface area contributed by atoms with E-state index in [1.807, 2.05) is 0 Å². The number of hydrogen-bond donors (Lipinski definition) is 2. The van der Waals surface area contributed by atoms with Gasteiger partial charge in [-0.05, 0) is 6.42 Å². The highest BCUT2D eigenvalue weighted by molar-refractivity contribution is 5.75. The molecule has 0 radical (unpaired) electrons. The SMILES string of the molecule is CCC(=O)NC(O)CC. The van der Waals surface area contributed by atoms with Crippen molar-refractivity contribution in [3.05, 3.63) is 0 Å². The topological polar surface area (TPSA) is 49.3 Å². The Morgan fingerprint density at radius 3 is 2.56 bits per heavy atom. The Kier molecular flexibility index (Phi) is 4.05. The van der Waals surface area contributed by atoms with Gasteiger partial charge >= 0.3 is 0 Å². The first-order valence-electron chi connectivity index (χ1n) is 3.18. The summed E-state index contributed by atoms with van der Waals surface area (Å²) in [5.74, 6) is -0.107. The highest BCUT2D eigenvalue weighted by Gasteiger charge is 2.01. The molecule has 0 aliphatic rings. The normalized spacial score (nSPS) is 12.8. The Morgan fingerprint density at radius 2 is 2.22 bits per heavy atom. The number of carbonyl (C=O) groups is 1. The molecule has 0 aromatic rings. The van der Waals surface area contributed by atoms with Crippen LogP contribution in [0.5, 0.6) is 0 Å². The molecule has 0 aromatic heterocycles.